The highest BCUT2D eigenvalue weighted by atomic mass is 33.1. The van der Waals surface area contributed by atoms with Crippen LogP contribution in [0.1, 0.15) is 193 Å². The van der Waals surface area contributed by atoms with E-state index in [-0.39, 0.29) is 43.0 Å². The fourth-order valence-electron chi connectivity index (χ4n) is 10.7. The first-order valence-corrected chi connectivity index (χ1v) is 30.9. The summed E-state index contributed by atoms with van der Waals surface area (Å²) in [5, 5.41) is 0.239. The summed E-state index contributed by atoms with van der Waals surface area (Å²) < 4.78 is 0. The summed E-state index contributed by atoms with van der Waals surface area (Å²) in [6.07, 6.45) is 0. The van der Waals surface area contributed by atoms with E-state index in [1.54, 1.807) is 0 Å². The molecule has 0 nitrogen and oxygen atoms in total. The molecule has 0 unspecified atom stereocenters. The van der Waals surface area contributed by atoms with E-state index in [0.29, 0.717) is 0 Å². The molecule has 0 saturated carbocycles. The molecule has 406 valence electrons. The largest absolute Gasteiger partial charge is 0.0855 e. The van der Waals surface area contributed by atoms with Gasteiger partial charge < -0.3 is 0 Å². The second kappa shape index (κ2) is 22.2. The van der Waals surface area contributed by atoms with Crippen LogP contribution >= 0.6 is 21.6 Å². The molecular formula is C76H90S2. The molecule has 0 N–H and O–H groups in total. The highest BCUT2D eigenvalue weighted by Crippen LogP contribution is 2.54. The Balaban J connectivity index is 1.32. The van der Waals surface area contributed by atoms with Gasteiger partial charge in [-0.15, -0.1) is 0 Å². The normalized spacial score (nSPS) is 13.6. The van der Waals surface area contributed by atoms with Gasteiger partial charge in [-0.2, -0.15) is 0 Å². The Kier molecular flexibility index (Phi) is 16.7. The molecule has 0 amide bonds. The third-order valence-corrected chi connectivity index (χ3v) is 19.2. The lowest BCUT2D eigenvalue weighted by Crippen LogP contribution is -2.11. The zero-order chi connectivity index (χ0) is 56.9. The van der Waals surface area contributed by atoms with E-state index in [9.17, 15) is 0 Å². The highest BCUT2D eigenvalue weighted by Gasteiger charge is 2.28. The summed E-state index contributed by atoms with van der Waals surface area (Å²) in [6.45, 7) is 46.4. The summed E-state index contributed by atoms with van der Waals surface area (Å²) in [5.41, 5.74) is 26.2. The molecule has 0 aliphatic heterocycles. The van der Waals surface area contributed by atoms with E-state index in [1.807, 2.05) is 21.6 Å². The van der Waals surface area contributed by atoms with Crippen LogP contribution < -0.4 is 0 Å². The molecule has 2 heteroatoms. The maximum Gasteiger partial charge on any atom is 0.0385 e. The SMILES string of the molecule is C[C@@H](SS[C@H](C)c1c(-c2ccc(C(C)(C)C)cc2)cc(-c2ccc(C(C)(C)C)cc2)cc1-c1ccc(C(C)(C)C)cc1)c1c(-c2ccc(C(C)(C)C)cc2)cc(-c2ccc(C(C)(C)C)cc2)cc1-c1ccc(C(C)(C)C)cc1. The van der Waals surface area contributed by atoms with Gasteiger partial charge in [0.2, 0.25) is 0 Å². The van der Waals surface area contributed by atoms with Crippen LogP contribution in [0, 0.1) is 0 Å². The molecule has 78 heavy (non-hydrogen) atoms. The van der Waals surface area contributed by atoms with Gasteiger partial charge in [0.05, 0.1) is 0 Å². The van der Waals surface area contributed by atoms with Crippen molar-refractivity contribution in [3.63, 3.8) is 0 Å². The van der Waals surface area contributed by atoms with Crippen LogP contribution in [0.15, 0.2) is 170 Å². The lowest BCUT2D eigenvalue weighted by atomic mass is 9.82. The summed E-state index contributed by atoms with van der Waals surface area (Å²) in [5.74, 6) is 0. The Hall–Kier alpha value is -5.54. The fraction of sp³-hybridized carbons (Fsp3) is 0.368. The van der Waals surface area contributed by atoms with Crippen molar-refractivity contribution in [2.45, 2.75) is 181 Å². The maximum atomic E-state index is 2.48. The first-order chi connectivity index (χ1) is 36.3. The van der Waals surface area contributed by atoms with E-state index >= 15 is 0 Å². The monoisotopic (exact) mass is 1070 g/mol. The summed E-state index contributed by atoms with van der Waals surface area (Å²) in [4.78, 5) is 0. The predicted molar refractivity (Wildman–Crippen MR) is 350 cm³/mol. The molecule has 0 aromatic heterocycles. The van der Waals surface area contributed by atoms with Gasteiger partial charge in [-0.3, -0.25) is 0 Å². The molecule has 8 aromatic carbocycles. The van der Waals surface area contributed by atoms with Crippen molar-refractivity contribution in [3.8, 4) is 66.8 Å². The predicted octanol–water partition coefficient (Wildman–Crippen LogP) is 23.7. The van der Waals surface area contributed by atoms with Crippen molar-refractivity contribution >= 4 is 21.6 Å². The van der Waals surface area contributed by atoms with E-state index in [4.69, 9.17) is 0 Å². The molecule has 8 rings (SSSR count). The van der Waals surface area contributed by atoms with Crippen molar-refractivity contribution < 1.29 is 0 Å². The van der Waals surface area contributed by atoms with Crippen molar-refractivity contribution in [3.05, 3.63) is 214 Å². The summed E-state index contributed by atoms with van der Waals surface area (Å²) in [6, 6.07) is 66.4. The van der Waals surface area contributed by atoms with Crippen LogP contribution in [-0.2, 0) is 32.5 Å². The van der Waals surface area contributed by atoms with Gasteiger partial charge in [-0.1, -0.05) is 292 Å². The average molecular weight is 1070 g/mol. The van der Waals surface area contributed by atoms with Crippen LogP contribution in [0.4, 0.5) is 0 Å². The van der Waals surface area contributed by atoms with E-state index in [2.05, 4.69) is 308 Å². The molecule has 0 aliphatic carbocycles. The molecule has 0 spiro atoms. The number of hydrogen-bond acceptors (Lipinski definition) is 2. The Labute approximate surface area is 481 Å². The number of benzene rings is 8. The zero-order valence-electron chi connectivity index (χ0n) is 51.1. The van der Waals surface area contributed by atoms with E-state index in [1.165, 1.54) is 111 Å². The molecule has 0 fully saturated rings. The quantitative estimate of drug-likeness (QED) is 0.118. The smallest absolute Gasteiger partial charge is 0.0385 e. The standard InChI is InChI=1S/C76H90S2/c1-49(69-65(53-25-37-61(38-26-53)73(9,10)11)45-57(51-21-33-59(34-22-51)71(3,4)5)46-66(69)54-27-39-62(40-28-54)74(12,13)14)77-78-50(2)70-67(55-29-41-63(42-30-55)75(15,16)17)47-58(52-23-35-60(36-24-52)72(6,7)8)48-68(70)56-31-43-64(44-32-56)76(18,19)20/h21-50H,1-20H3/t49-,50-/m1/s1. The van der Waals surface area contributed by atoms with Gasteiger partial charge in [0.25, 0.3) is 0 Å². The fourth-order valence-corrected chi connectivity index (χ4v) is 13.3. The number of rotatable bonds is 11. The lowest BCUT2D eigenvalue weighted by Gasteiger charge is -2.27. The Morgan fingerprint density at radius 2 is 0.372 bits per heavy atom. The first-order valence-electron chi connectivity index (χ1n) is 28.6. The molecule has 0 bridgehead atoms. The van der Waals surface area contributed by atoms with Crippen LogP contribution in [0.25, 0.3) is 66.8 Å². The van der Waals surface area contributed by atoms with Gasteiger partial charge in [-0.25, -0.2) is 0 Å². The molecule has 2 atom stereocenters. The minimum Gasteiger partial charge on any atom is -0.0855 e. The first kappa shape index (κ1) is 58.6. The Bertz CT molecular complexity index is 2940. The van der Waals surface area contributed by atoms with E-state index < -0.39 is 0 Å². The zero-order valence-corrected chi connectivity index (χ0v) is 52.8. The molecular weight excluding hydrogens is 977 g/mol. The molecule has 0 saturated heterocycles. The van der Waals surface area contributed by atoms with E-state index in [0.717, 1.165) is 0 Å². The van der Waals surface area contributed by atoms with Gasteiger partial charge in [0.15, 0.2) is 0 Å². The van der Waals surface area contributed by atoms with Gasteiger partial charge in [0.1, 0.15) is 0 Å². The third-order valence-electron chi connectivity index (χ3n) is 15.9. The molecule has 0 heterocycles. The lowest BCUT2D eigenvalue weighted by molar-refractivity contribution is 0.590. The summed E-state index contributed by atoms with van der Waals surface area (Å²) >= 11 is 0. The van der Waals surface area contributed by atoms with Crippen molar-refractivity contribution in [1.29, 1.82) is 0 Å². The average Bonchev–Trinajstić information content (AvgIpc) is 3.49. The minimum atomic E-state index is 0.0456. The van der Waals surface area contributed by atoms with Crippen molar-refractivity contribution in [2.75, 3.05) is 0 Å². The Morgan fingerprint density at radius 3 is 0.526 bits per heavy atom. The second-order valence-electron chi connectivity index (χ2n) is 28.4. The topological polar surface area (TPSA) is 0 Å². The molecule has 0 radical (unpaired) electrons. The number of hydrogen-bond donors (Lipinski definition) is 0. The second-order valence-corrected chi connectivity index (χ2v) is 31.4. The summed E-state index contributed by atoms with van der Waals surface area (Å²) in [7, 11) is 4.02. The third kappa shape index (κ3) is 13.4. The van der Waals surface area contributed by atoms with Crippen LogP contribution in [-0.4, -0.2) is 0 Å². The van der Waals surface area contributed by atoms with Crippen LogP contribution in [0.3, 0.4) is 0 Å². The molecule has 0 aliphatic rings. The van der Waals surface area contributed by atoms with Crippen molar-refractivity contribution in [1.82, 2.24) is 0 Å². The van der Waals surface area contributed by atoms with Gasteiger partial charge in [0, 0.05) is 10.5 Å². The highest BCUT2D eigenvalue weighted by molar-refractivity contribution is 8.76. The Morgan fingerprint density at radius 1 is 0.218 bits per heavy atom. The maximum absolute atomic E-state index is 2.48. The molecule has 8 aromatic rings. The van der Waals surface area contributed by atoms with Gasteiger partial charge in [-0.05, 0) is 182 Å². The van der Waals surface area contributed by atoms with Crippen LogP contribution in [0.2, 0.25) is 0 Å². The van der Waals surface area contributed by atoms with Crippen molar-refractivity contribution in [2.24, 2.45) is 0 Å². The minimum absolute atomic E-state index is 0.0456. The van der Waals surface area contributed by atoms with Crippen LogP contribution in [0.5, 0.6) is 0 Å². The van der Waals surface area contributed by atoms with Gasteiger partial charge >= 0.3 is 0 Å².